The van der Waals surface area contributed by atoms with E-state index in [4.69, 9.17) is 0 Å². The Bertz CT molecular complexity index is 1290. The van der Waals surface area contributed by atoms with Crippen LogP contribution in [0.4, 0.5) is 26.2 Å². The fraction of sp³-hybridized carbons (Fsp3) is 0.407. The standard InChI is InChI=1S/C27H28F2N6/c1-16-27(8-2-3-9-27)20-12-19(13-21(28)25(20)33-16)24-22(29)15-32-26(35-24)34-23-5-4-18(14-31-23)17-6-10-30-11-7-17/h4-5,12-15,17,30H,2-3,6-11H2,1H3,(H,31,32,34,35). The zero-order valence-electron chi connectivity index (χ0n) is 19.7. The van der Waals surface area contributed by atoms with E-state index in [1.807, 2.05) is 25.3 Å². The number of hydrogen-bond acceptors (Lipinski definition) is 6. The third kappa shape index (κ3) is 3.89. The lowest BCUT2D eigenvalue weighted by Gasteiger charge is -2.25. The third-order valence-electron chi connectivity index (χ3n) is 7.86. The molecule has 1 spiro atoms. The van der Waals surface area contributed by atoms with Gasteiger partial charge in [-0.3, -0.25) is 4.99 Å². The molecule has 3 aromatic rings. The van der Waals surface area contributed by atoms with E-state index >= 15 is 4.39 Å². The molecule has 2 aliphatic heterocycles. The van der Waals surface area contributed by atoms with Gasteiger partial charge in [0.1, 0.15) is 23.0 Å². The van der Waals surface area contributed by atoms with E-state index in [9.17, 15) is 4.39 Å². The van der Waals surface area contributed by atoms with Crippen LogP contribution in [-0.2, 0) is 5.41 Å². The van der Waals surface area contributed by atoms with Gasteiger partial charge in [-0.15, -0.1) is 0 Å². The SMILES string of the molecule is CC1=Nc2c(F)cc(-c3nc(Nc4ccc(C5CCNCC5)cn4)ncc3F)cc2C12CCCC2. The first-order chi connectivity index (χ1) is 17.0. The van der Waals surface area contributed by atoms with Crippen LogP contribution in [0.2, 0.25) is 0 Å². The van der Waals surface area contributed by atoms with Crippen LogP contribution >= 0.6 is 0 Å². The van der Waals surface area contributed by atoms with E-state index in [-0.39, 0.29) is 17.1 Å². The summed E-state index contributed by atoms with van der Waals surface area (Å²) in [4.78, 5) is 17.5. The van der Waals surface area contributed by atoms with Gasteiger partial charge in [0.15, 0.2) is 5.82 Å². The summed E-state index contributed by atoms with van der Waals surface area (Å²) in [7, 11) is 0. The van der Waals surface area contributed by atoms with Crippen molar-refractivity contribution in [1.29, 1.82) is 0 Å². The van der Waals surface area contributed by atoms with Gasteiger partial charge in [-0.2, -0.15) is 0 Å². The Balaban J connectivity index is 1.29. The van der Waals surface area contributed by atoms with Crippen LogP contribution in [0.1, 0.15) is 62.5 Å². The highest BCUT2D eigenvalue weighted by atomic mass is 19.1. The van der Waals surface area contributed by atoms with Gasteiger partial charge in [0.05, 0.1) is 6.20 Å². The van der Waals surface area contributed by atoms with Crippen molar-refractivity contribution in [1.82, 2.24) is 20.3 Å². The molecule has 1 aliphatic carbocycles. The van der Waals surface area contributed by atoms with Gasteiger partial charge in [0, 0.05) is 22.9 Å². The molecule has 2 fully saturated rings. The van der Waals surface area contributed by atoms with Crippen molar-refractivity contribution in [2.75, 3.05) is 18.4 Å². The maximum atomic E-state index is 15.1. The summed E-state index contributed by atoms with van der Waals surface area (Å²) in [6.45, 7) is 4.01. The normalized spacial score (nSPS) is 19.1. The number of pyridine rings is 1. The molecule has 2 N–H and O–H groups in total. The molecule has 8 heteroatoms. The molecule has 0 radical (unpaired) electrons. The fourth-order valence-corrected chi connectivity index (χ4v) is 5.91. The predicted octanol–water partition coefficient (Wildman–Crippen LogP) is 5.95. The third-order valence-corrected chi connectivity index (χ3v) is 7.86. The van der Waals surface area contributed by atoms with Crippen LogP contribution in [0.15, 0.2) is 41.7 Å². The minimum Gasteiger partial charge on any atom is -0.317 e. The summed E-state index contributed by atoms with van der Waals surface area (Å²) in [5.41, 5.74) is 3.62. The highest BCUT2D eigenvalue weighted by molar-refractivity contribution is 6.01. The highest BCUT2D eigenvalue weighted by Gasteiger charge is 2.44. The Morgan fingerprint density at radius 1 is 1.00 bits per heavy atom. The quantitative estimate of drug-likeness (QED) is 0.489. The molecule has 4 heterocycles. The molecule has 0 unspecified atom stereocenters. The molecule has 6 rings (SSSR count). The fourth-order valence-electron chi connectivity index (χ4n) is 5.91. The van der Waals surface area contributed by atoms with Crippen molar-refractivity contribution in [3.63, 3.8) is 0 Å². The molecule has 1 saturated carbocycles. The van der Waals surface area contributed by atoms with Gasteiger partial charge < -0.3 is 10.6 Å². The molecule has 0 atom stereocenters. The molecule has 3 aliphatic rings. The first-order valence-corrected chi connectivity index (χ1v) is 12.4. The number of nitrogens with one attached hydrogen (secondary N) is 2. The van der Waals surface area contributed by atoms with Crippen molar-refractivity contribution in [3.8, 4) is 11.3 Å². The van der Waals surface area contributed by atoms with Gasteiger partial charge in [-0.1, -0.05) is 18.9 Å². The van der Waals surface area contributed by atoms with Crippen LogP contribution in [0.25, 0.3) is 11.3 Å². The van der Waals surface area contributed by atoms with Crippen molar-refractivity contribution >= 4 is 23.2 Å². The smallest absolute Gasteiger partial charge is 0.229 e. The van der Waals surface area contributed by atoms with Gasteiger partial charge in [-0.25, -0.2) is 23.7 Å². The Morgan fingerprint density at radius 2 is 1.80 bits per heavy atom. The minimum absolute atomic E-state index is 0.0632. The molecule has 0 bridgehead atoms. The van der Waals surface area contributed by atoms with E-state index in [0.717, 1.165) is 69.1 Å². The summed E-state index contributed by atoms with van der Waals surface area (Å²) in [6, 6.07) is 7.15. The van der Waals surface area contributed by atoms with Crippen molar-refractivity contribution in [2.24, 2.45) is 4.99 Å². The summed E-state index contributed by atoms with van der Waals surface area (Å²) >= 11 is 0. The lowest BCUT2D eigenvalue weighted by Crippen LogP contribution is -2.27. The number of anilines is 2. The maximum Gasteiger partial charge on any atom is 0.229 e. The average Bonchev–Trinajstić information content (AvgIpc) is 3.48. The van der Waals surface area contributed by atoms with Crippen LogP contribution in [-0.4, -0.2) is 33.8 Å². The van der Waals surface area contributed by atoms with Gasteiger partial charge in [0.2, 0.25) is 5.95 Å². The summed E-state index contributed by atoms with van der Waals surface area (Å²) < 4.78 is 30.0. The number of fused-ring (bicyclic) bond motifs is 2. The zero-order valence-corrected chi connectivity index (χ0v) is 19.7. The van der Waals surface area contributed by atoms with Crippen LogP contribution in [0.3, 0.4) is 0 Å². The number of aromatic nitrogens is 3. The van der Waals surface area contributed by atoms with E-state index in [1.54, 1.807) is 0 Å². The van der Waals surface area contributed by atoms with Gasteiger partial charge >= 0.3 is 0 Å². The molecular formula is C27H28F2N6. The van der Waals surface area contributed by atoms with E-state index < -0.39 is 11.6 Å². The van der Waals surface area contributed by atoms with Crippen LogP contribution in [0, 0.1) is 11.6 Å². The van der Waals surface area contributed by atoms with Crippen LogP contribution in [0.5, 0.6) is 0 Å². The van der Waals surface area contributed by atoms with Gasteiger partial charge in [0.25, 0.3) is 0 Å². The minimum atomic E-state index is -0.597. The first kappa shape index (κ1) is 22.2. The molecule has 0 amide bonds. The Hall–Kier alpha value is -3.26. The number of aliphatic imine (C=N–C) groups is 1. The second-order valence-corrected chi connectivity index (χ2v) is 9.86. The lowest BCUT2D eigenvalue weighted by atomic mass is 9.76. The van der Waals surface area contributed by atoms with Crippen molar-refractivity contribution < 1.29 is 8.78 Å². The topological polar surface area (TPSA) is 75.1 Å². The Morgan fingerprint density at radius 3 is 2.54 bits per heavy atom. The number of nitrogens with zero attached hydrogens (tertiary/aromatic N) is 4. The maximum absolute atomic E-state index is 15.1. The largest absolute Gasteiger partial charge is 0.317 e. The van der Waals surface area contributed by atoms with Crippen molar-refractivity contribution in [3.05, 3.63) is 59.4 Å². The van der Waals surface area contributed by atoms with E-state index in [0.29, 0.717) is 23.0 Å². The predicted molar refractivity (Wildman–Crippen MR) is 133 cm³/mol. The Kier molecular flexibility index (Phi) is 5.56. The van der Waals surface area contributed by atoms with Crippen LogP contribution < -0.4 is 10.6 Å². The summed E-state index contributed by atoms with van der Waals surface area (Å²) in [5.74, 6) is 0.266. The summed E-state index contributed by atoms with van der Waals surface area (Å²) in [6.07, 6.45) is 9.24. The molecule has 6 nitrogen and oxygen atoms in total. The number of benzene rings is 1. The molecule has 1 saturated heterocycles. The lowest BCUT2D eigenvalue weighted by molar-refractivity contribution is 0.459. The number of piperidine rings is 1. The molecular weight excluding hydrogens is 446 g/mol. The van der Waals surface area contributed by atoms with E-state index in [2.05, 4.69) is 36.6 Å². The summed E-state index contributed by atoms with van der Waals surface area (Å²) in [5, 5.41) is 6.44. The first-order valence-electron chi connectivity index (χ1n) is 12.4. The second kappa shape index (κ2) is 8.75. The number of rotatable bonds is 4. The number of hydrogen-bond donors (Lipinski definition) is 2. The monoisotopic (exact) mass is 474 g/mol. The van der Waals surface area contributed by atoms with E-state index in [1.165, 1.54) is 11.6 Å². The zero-order chi connectivity index (χ0) is 24.0. The highest BCUT2D eigenvalue weighted by Crippen LogP contribution is 2.52. The molecule has 180 valence electrons. The average molecular weight is 475 g/mol. The Labute approximate surface area is 203 Å². The van der Waals surface area contributed by atoms with Gasteiger partial charge in [-0.05, 0) is 80.9 Å². The molecule has 1 aromatic carbocycles. The molecule has 35 heavy (non-hydrogen) atoms. The van der Waals surface area contributed by atoms with Crippen molar-refractivity contribution in [2.45, 2.75) is 56.8 Å². The second-order valence-electron chi connectivity index (χ2n) is 9.86. The number of halogens is 2. The molecule has 2 aromatic heterocycles.